The van der Waals surface area contributed by atoms with Gasteiger partial charge in [-0.25, -0.2) is 0 Å². The second-order valence-electron chi connectivity index (χ2n) is 13.5. The molecule has 3 amide bonds. The molecular formula is C33H45N3O4S. The highest BCUT2D eigenvalue weighted by Crippen LogP contribution is 2.59. The third-order valence-corrected chi connectivity index (χ3v) is 11.5. The zero-order valence-electron chi connectivity index (χ0n) is 24.3. The monoisotopic (exact) mass is 579 g/mol. The largest absolute Gasteiger partial charge is 0.356 e. The van der Waals surface area contributed by atoms with E-state index in [2.05, 4.69) is 10.6 Å². The van der Waals surface area contributed by atoms with Crippen LogP contribution in [-0.4, -0.2) is 59.8 Å². The van der Waals surface area contributed by atoms with E-state index in [4.69, 9.17) is 0 Å². The molecule has 2 aliphatic heterocycles. The maximum atomic E-state index is 13.5. The summed E-state index contributed by atoms with van der Waals surface area (Å²) in [6.45, 7) is 2.77. The molecule has 4 aliphatic carbocycles. The van der Waals surface area contributed by atoms with Crippen LogP contribution in [0, 0.1) is 23.2 Å². The lowest BCUT2D eigenvalue weighted by Gasteiger charge is -2.57. The third-order valence-electron chi connectivity index (χ3n) is 10.3. The number of carbonyl (C=O) groups is 4. The number of fused-ring (bicyclic) bond motifs is 1. The van der Waals surface area contributed by atoms with E-state index in [0.29, 0.717) is 29.5 Å². The molecule has 2 heterocycles. The van der Waals surface area contributed by atoms with Crippen molar-refractivity contribution in [3.05, 3.63) is 29.3 Å². The van der Waals surface area contributed by atoms with Gasteiger partial charge in [-0.2, -0.15) is 0 Å². The minimum atomic E-state index is -0.874. The van der Waals surface area contributed by atoms with Gasteiger partial charge in [0.15, 0.2) is 5.78 Å². The van der Waals surface area contributed by atoms with Gasteiger partial charge in [-0.1, -0.05) is 18.9 Å². The van der Waals surface area contributed by atoms with Crippen LogP contribution in [0.5, 0.6) is 0 Å². The summed E-state index contributed by atoms with van der Waals surface area (Å²) in [5.41, 5.74) is 1.41. The molecule has 1 saturated heterocycles. The molecular weight excluding hydrogens is 534 g/mol. The number of imide groups is 1. The molecule has 1 aromatic rings. The van der Waals surface area contributed by atoms with Crippen LogP contribution in [-0.2, 0) is 9.59 Å². The van der Waals surface area contributed by atoms with Crippen LogP contribution in [0.1, 0.15) is 111 Å². The van der Waals surface area contributed by atoms with E-state index in [-0.39, 0.29) is 31.0 Å². The van der Waals surface area contributed by atoms with Crippen LogP contribution >= 0.6 is 11.8 Å². The number of Topliss-reactive ketones (excluding diaryl/α,β-unsaturated/α-hetero) is 1. The van der Waals surface area contributed by atoms with Gasteiger partial charge in [0.2, 0.25) is 5.91 Å². The lowest BCUT2D eigenvalue weighted by atomic mass is 9.49. The molecule has 2 N–H and O–H groups in total. The number of carbonyl (C=O) groups excluding carboxylic acids is 4. The third kappa shape index (κ3) is 6.29. The molecule has 4 bridgehead atoms. The van der Waals surface area contributed by atoms with Gasteiger partial charge < -0.3 is 10.6 Å². The molecule has 6 aliphatic rings. The van der Waals surface area contributed by atoms with Crippen LogP contribution in [0.25, 0.3) is 0 Å². The lowest BCUT2D eigenvalue weighted by Crippen LogP contribution is -2.50. The fourth-order valence-corrected chi connectivity index (χ4v) is 9.96. The molecule has 1 atom stereocenters. The molecule has 0 spiro atoms. The number of hydrogen-bond donors (Lipinski definition) is 2. The highest BCUT2D eigenvalue weighted by Gasteiger charge is 2.50. The number of ketones is 1. The van der Waals surface area contributed by atoms with Crippen LogP contribution in [0.3, 0.4) is 0 Å². The first-order valence-electron chi connectivity index (χ1n) is 16.1. The number of rotatable bonds is 11. The van der Waals surface area contributed by atoms with Gasteiger partial charge in [-0.05, 0) is 112 Å². The Kier molecular flexibility index (Phi) is 8.87. The number of benzene rings is 1. The molecule has 0 aromatic heterocycles. The molecule has 4 saturated carbocycles. The van der Waals surface area contributed by atoms with Crippen molar-refractivity contribution in [2.24, 2.45) is 23.2 Å². The van der Waals surface area contributed by atoms with E-state index in [1.807, 2.05) is 12.1 Å². The minimum absolute atomic E-state index is 0.128. The van der Waals surface area contributed by atoms with Crippen molar-refractivity contribution in [2.75, 3.05) is 25.4 Å². The van der Waals surface area contributed by atoms with Gasteiger partial charge >= 0.3 is 0 Å². The minimum Gasteiger partial charge on any atom is -0.356 e. The predicted octanol–water partition coefficient (Wildman–Crippen LogP) is 5.37. The zero-order chi connectivity index (χ0) is 28.4. The summed E-state index contributed by atoms with van der Waals surface area (Å²) in [5.74, 6) is 2.84. The average molecular weight is 580 g/mol. The van der Waals surface area contributed by atoms with Crippen molar-refractivity contribution < 1.29 is 19.2 Å². The number of hydrogen-bond acceptors (Lipinski definition) is 6. The van der Waals surface area contributed by atoms with Crippen molar-refractivity contribution in [1.82, 2.24) is 15.5 Å². The molecule has 7 nitrogen and oxygen atoms in total. The van der Waals surface area contributed by atoms with Gasteiger partial charge in [-0.3, -0.25) is 24.1 Å². The Labute approximate surface area is 248 Å². The number of unbranched alkanes of at least 4 members (excludes halogenated alkanes) is 3. The predicted molar refractivity (Wildman–Crippen MR) is 160 cm³/mol. The summed E-state index contributed by atoms with van der Waals surface area (Å²) in [6.07, 6.45) is 14.6. The first kappa shape index (κ1) is 28.9. The van der Waals surface area contributed by atoms with E-state index in [9.17, 15) is 19.2 Å². The molecule has 1 unspecified atom stereocenters. The van der Waals surface area contributed by atoms with Crippen molar-refractivity contribution in [2.45, 2.75) is 101 Å². The standard InChI is InChI=1S/C33H45N3O4S/c37-27-8-6-13-35-29(38)11-10-26(27)36-31(39)25-7-5-9-28(30(25)32(36)40)41-14-4-2-1-3-12-34-21-33-18-22-15-23(19-33)17-24(16-22)20-33/h5,7,9,22-24,26,34H,1-4,6,8,10-21H2,(H,35,38). The van der Waals surface area contributed by atoms with Crippen molar-refractivity contribution in [3.63, 3.8) is 0 Å². The first-order chi connectivity index (χ1) is 19.9. The number of thioether (sulfide) groups is 1. The van der Waals surface area contributed by atoms with Gasteiger partial charge in [-0.15, -0.1) is 11.8 Å². The molecule has 8 heteroatoms. The Hall–Kier alpha value is -2.19. The van der Waals surface area contributed by atoms with Crippen LogP contribution < -0.4 is 10.6 Å². The molecule has 7 rings (SSSR count). The SMILES string of the molecule is O=C1CCC(N2C(=O)c3cccc(SCCCCCCNCC45CC6CC(CC(C6)C4)C5)c3C2=O)C(=O)CCCN1. The quantitative estimate of drug-likeness (QED) is 0.208. The summed E-state index contributed by atoms with van der Waals surface area (Å²) < 4.78 is 0. The Morgan fingerprint density at radius 2 is 1.63 bits per heavy atom. The smallest absolute Gasteiger partial charge is 0.263 e. The maximum absolute atomic E-state index is 13.5. The van der Waals surface area contributed by atoms with Crippen molar-refractivity contribution >= 4 is 35.3 Å². The Morgan fingerprint density at radius 3 is 2.39 bits per heavy atom. The lowest BCUT2D eigenvalue weighted by molar-refractivity contribution is -0.123. The van der Waals surface area contributed by atoms with E-state index >= 15 is 0 Å². The first-order valence-corrected chi connectivity index (χ1v) is 17.0. The highest BCUT2D eigenvalue weighted by atomic mass is 32.2. The second-order valence-corrected chi connectivity index (χ2v) is 14.6. The van der Waals surface area contributed by atoms with Gasteiger partial charge in [0.25, 0.3) is 11.8 Å². The summed E-state index contributed by atoms with van der Waals surface area (Å²) in [5, 5.41) is 6.61. The summed E-state index contributed by atoms with van der Waals surface area (Å²) >= 11 is 1.63. The molecule has 5 fully saturated rings. The van der Waals surface area contributed by atoms with E-state index in [1.54, 1.807) is 17.8 Å². The topological polar surface area (TPSA) is 95.6 Å². The molecule has 1 aromatic carbocycles. The fraction of sp³-hybridized carbons (Fsp3) is 0.697. The van der Waals surface area contributed by atoms with Crippen molar-refractivity contribution in [1.29, 1.82) is 0 Å². The van der Waals surface area contributed by atoms with Gasteiger partial charge in [0.1, 0.15) is 0 Å². The Bertz CT molecular complexity index is 1150. The number of nitrogens with one attached hydrogen (secondary N) is 2. The van der Waals surface area contributed by atoms with E-state index in [1.165, 1.54) is 57.9 Å². The zero-order valence-corrected chi connectivity index (χ0v) is 25.1. The summed E-state index contributed by atoms with van der Waals surface area (Å²) in [4.78, 5) is 53.7. The fourth-order valence-electron chi connectivity index (χ4n) is 8.87. The normalized spacial score (nSPS) is 31.2. The maximum Gasteiger partial charge on any atom is 0.263 e. The number of amides is 3. The Balaban J connectivity index is 0.943. The molecule has 0 radical (unpaired) electrons. The number of nitrogens with zero attached hydrogens (tertiary/aromatic N) is 1. The van der Waals surface area contributed by atoms with Crippen LogP contribution in [0.2, 0.25) is 0 Å². The van der Waals surface area contributed by atoms with E-state index in [0.717, 1.165) is 52.7 Å². The van der Waals surface area contributed by atoms with Gasteiger partial charge in [0, 0.05) is 30.8 Å². The van der Waals surface area contributed by atoms with Crippen molar-refractivity contribution in [3.8, 4) is 0 Å². The summed E-state index contributed by atoms with van der Waals surface area (Å²) in [6, 6.07) is 4.54. The average Bonchev–Trinajstić information content (AvgIpc) is 3.23. The van der Waals surface area contributed by atoms with Gasteiger partial charge in [0.05, 0.1) is 17.2 Å². The Morgan fingerprint density at radius 1 is 0.902 bits per heavy atom. The van der Waals surface area contributed by atoms with Crippen LogP contribution in [0.4, 0.5) is 0 Å². The molecule has 41 heavy (non-hydrogen) atoms. The summed E-state index contributed by atoms with van der Waals surface area (Å²) in [7, 11) is 0. The van der Waals surface area contributed by atoms with Crippen LogP contribution in [0.15, 0.2) is 23.1 Å². The molecule has 222 valence electrons. The second kappa shape index (κ2) is 12.6. The van der Waals surface area contributed by atoms with E-state index < -0.39 is 17.9 Å². The highest BCUT2D eigenvalue weighted by molar-refractivity contribution is 7.99.